The number of alkyl halides is 3. The summed E-state index contributed by atoms with van der Waals surface area (Å²) in [6.45, 7) is 1.87. The van der Waals surface area contributed by atoms with Crippen LogP contribution in [-0.4, -0.2) is 52.6 Å². The second-order valence-corrected chi connectivity index (χ2v) is 7.32. The van der Waals surface area contributed by atoms with E-state index in [2.05, 4.69) is 25.7 Å². The quantitative estimate of drug-likeness (QED) is 0.497. The van der Waals surface area contributed by atoms with Gasteiger partial charge in [0.05, 0.1) is 5.69 Å². The number of halogens is 3. The van der Waals surface area contributed by atoms with Crippen LogP contribution in [0.5, 0.6) is 0 Å². The van der Waals surface area contributed by atoms with Gasteiger partial charge < -0.3 is 15.4 Å². The normalized spacial score (nSPS) is 13.9. The molecular formula is C21H22F3N7O2. The van der Waals surface area contributed by atoms with E-state index in [9.17, 15) is 18.0 Å². The number of benzene rings is 1. The number of methoxy groups -OCH3 is 1. The Bertz CT molecular complexity index is 1120. The number of aryl methyl sites for hydroxylation is 1. The number of nitrogens with zero attached hydrogens (tertiary/aromatic N) is 5. The molecule has 2 amide bonds. The molecule has 0 spiro atoms. The molecule has 3 aromatic rings. The fourth-order valence-electron chi connectivity index (χ4n) is 3.42. The average molecular weight is 461 g/mol. The van der Waals surface area contributed by atoms with Gasteiger partial charge in [-0.3, -0.25) is 9.58 Å². The van der Waals surface area contributed by atoms with Crippen molar-refractivity contribution in [3.05, 3.63) is 48.4 Å². The molecule has 0 aliphatic carbocycles. The number of rotatable bonds is 8. The number of anilines is 3. The zero-order valence-corrected chi connectivity index (χ0v) is 17.8. The van der Waals surface area contributed by atoms with Crippen LogP contribution in [0.2, 0.25) is 0 Å². The summed E-state index contributed by atoms with van der Waals surface area (Å²) in [5.41, 5.74) is 0.181. The van der Waals surface area contributed by atoms with E-state index in [1.54, 1.807) is 29.2 Å². The minimum atomic E-state index is -4.62. The Morgan fingerprint density at radius 2 is 2.00 bits per heavy atom. The van der Waals surface area contributed by atoms with E-state index >= 15 is 0 Å². The minimum Gasteiger partial charge on any atom is -0.385 e. The van der Waals surface area contributed by atoms with Gasteiger partial charge in [0.15, 0.2) is 11.5 Å². The number of aromatic nitrogens is 4. The molecule has 0 radical (unpaired) electrons. The van der Waals surface area contributed by atoms with Crippen molar-refractivity contribution >= 4 is 23.2 Å². The van der Waals surface area contributed by atoms with Crippen molar-refractivity contribution in [2.45, 2.75) is 19.1 Å². The van der Waals surface area contributed by atoms with Crippen LogP contribution in [0.3, 0.4) is 0 Å². The number of carbonyl (C=O) groups is 1. The molecule has 33 heavy (non-hydrogen) atoms. The molecule has 12 heteroatoms. The first-order valence-corrected chi connectivity index (χ1v) is 10.2. The molecule has 4 rings (SSSR count). The Balaban J connectivity index is 1.54. The molecule has 174 valence electrons. The lowest BCUT2D eigenvalue weighted by atomic mass is 10.2. The summed E-state index contributed by atoms with van der Waals surface area (Å²) in [6, 6.07) is 8.39. The molecule has 0 unspecified atom stereocenters. The third-order valence-corrected chi connectivity index (χ3v) is 4.98. The third-order valence-electron chi connectivity index (χ3n) is 4.98. The third kappa shape index (κ3) is 5.22. The van der Waals surface area contributed by atoms with E-state index in [1.165, 1.54) is 30.3 Å². The van der Waals surface area contributed by atoms with Gasteiger partial charge in [-0.25, -0.2) is 14.8 Å². The summed E-state index contributed by atoms with van der Waals surface area (Å²) < 4.78 is 46.6. The highest BCUT2D eigenvalue weighted by Gasteiger charge is 2.37. The molecule has 1 aliphatic heterocycles. The lowest BCUT2D eigenvalue weighted by Gasteiger charge is -2.14. The minimum absolute atomic E-state index is 0.159. The first kappa shape index (κ1) is 22.5. The monoisotopic (exact) mass is 461 g/mol. The molecule has 3 heterocycles. The number of hydrogen-bond donors (Lipinski definition) is 2. The fourth-order valence-corrected chi connectivity index (χ4v) is 3.42. The number of amides is 2. The van der Waals surface area contributed by atoms with Crippen molar-refractivity contribution in [3.63, 3.8) is 0 Å². The van der Waals surface area contributed by atoms with Gasteiger partial charge in [0.2, 0.25) is 0 Å². The number of ether oxygens (including phenoxy) is 1. The van der Waals surface area contributed by atoms with Gasteiger partial charge in [0.25, 0.3) is 0 Å². The molecular weight excluding hydrogens is 439 g/mol. The van der Waals surface area contributed by atoms with Crippen LogP contribution in [-0.2, 0) is 17.5 Å². The van der Waals surface area contributed by atoms with Gasteiger partial charge in [-0.2, -0.15) is 18.3 Å². The van der Waals surface area contributed by atoms with Crippen molar-refractivity contribution in [2.24, 2.45) is 0 Å². The largest absolute Gasteiger partial charge is 0.437 e. The summed E-state index contributed by atoms with van der Waals surface area (Å²) >= 11 is 0. The Labute approximate surface area is 187 Å². The van der Waals surface area contributed by atoms with E-state index in [4.69, 9.17) is 4.74 Å². The van der Waals surface area contributed by atoms with Gasteiger partial charge in [-0.1, -0.05) is 0 Å². The summed E-state index contributed by atoms with van der Waals surface area (Å²) in [4.78, 5) is 22.0. The van der Waals surface area contributed by atoms with Gasteiger partial charge in [0, 0.05) is 57.0 Å². The highest BCUT2D eigenvalue weighted by Crippen LogP contribution is 2.35. The van der Waals surface area contributed by atoms with E-state index < -0.39 is 11.9 Å². The van der Waals surface area contributed by atoms with Gasteiger partial charge in [-0.15, -0.1) is 0 Å². The Kier molecular flexibility index (Phi) is 6.45. The van der Waals surface area contributed by atoms with Crippen LogP contribution in [0, 0.1) is 0 Å². The Morgan fingerprint density at radius 1 is 1.21 bits per heavy atom. The second-order valence-electron chi connectivity index (χ2n) is 7.32. The van der Waals surface area contributed by atoms with Crippen molar-refractivity contribution in [3.8, 4) is 11.4 Å². The molecule has 1 aromatic carbocycles. The Hall–Kier alpha value is -3.67. The summed E-state index contributed by atoms with van der Waals surface area (Å²) in [5, 5.41) is 9.13. The lowest BCUT2D eigenvalue weighted by molar-refractivity contribution is -0.140. The SMILES string of the molecule is COCCCn1cc(Nc2ccnc(-c3ccc(N4CCNC4=O)cc3)n2)c(C(F)(F)F)n1. The van der Waals surface area contributed by atoms with Crippen LogP contribution in [0.25, 0.3) is 11.4 Å². The highest BCUT2D eigenvalue weighted by molar-refractivity contribution is 5.94. The summed E-state index contributed by atoms with van der Waals surface area (Å²) in [7, 11) is 1.53. The molecule has 2 aromatic heterocycles. The highest BCUT2D eigenvalue weighted by atomic mass is 19.4. The first-order valence-electron chi connectivity index (χ1n) is 10.2. The molecule has 1 saturated heterocycles. The van der Waals surface area contributed by atoms with E-state index in [0.717, 1.165) is 5.69 Å². The fraction of sp³-hybridized carbons (Fsp3) is 0.333. The number of nitrogens with one attached hydrogen (secondary N) is 2. The molecule has 2 N–H and O–H groups in total. The van der Waals surface area contributed by atoms with Crippen molar-refractivity contribution in [1.82, 2.24) is 25.1 Å². The second kappa shape index (κ2) is 9.45. The standard InChI is InChI=1S/C21H22F3N7O2/c1-33-12-2-10-30-13-16(18(29-30)21(22,23)24)27-17-7-8-25-19(28-17)14-3-5-15(6-4-14)31-11-9-26-20(31)32/h3-8,13H,2,9-12H2,1H3,(H,26,32)(H,25,27,28). The molecule has 1 fully saturated rings. The first-order chi connectivity index (χ1) is 15.8. The van der Waals surface area contributed by atoms with E-state index in [1.807, 2.05) is 0 Å². The van der Waals surface area contributed by atoms with Gasteiger partial charge in [0.1, 0.15) is 5.82 Å². The smallest absolute Gasteiger partial charge is 0.385 e. The zero-order valence-electron chi connectivity index (χ0n) is 17.8. The van der Waals surface area contributed by atoms with Crippen molar-refractivity contribution in [2.75, 3.05) is 37.0 Å². The maximum atomic E-state index is 13.5. The number of carbonyl (C=O) groups excluding carboxylic acids is 1. The topological polar surface area (TPSA) is 97.2 Å². The predicted molar refractivity (Wildman–Crippen MR) is 115 cm³/mol. The average Bonchev–Trinajstić information content (AvgIpc) is 3.40. The lowest BCUT2D eigenvalue weighted by Crippen LogP contribution is -2.27. The zero-order chi connectivity index (χ0) is 23.4. The summed E-state index contributed by atoms with van der Waals surface area (Å²) in [5.74, 6) is 0.531. The maximum absolute atomic E-state index is 13.5. The van der Waals surface area contributed by atoms with Crippen molar-refractivity contribution < 1.29 is 22.7 Å². The molecule has 0 saturated carbocycles. The number of hydrogen-bond acceptors (Lipinski definition) is 6. The van der Waals surface area contributed by atoms with E-state index in [-0.39, 0.29) is 24.1 Å². The van der Waals surface area contributed by atoms with Crippen LogP contribution in [0.1, 0.15) is 12.1 Å². The van der Waals surface area contributed by atoms with E-state index in [0.29, 0.717) is 37.5 Å². The van der Waals surface area contributed by atoms with Crippen LogP contribution in [0.15, 0.2) is 42.7 Å². The predicted octanol–water partition coefficient (Wildman–Crippen LogP) is 3.67. The van der Waals surface area contributed by atoms with Crippen LogP contribution < -0.4 is 15.5 Å². The van der Waals surface area contributed by atoms with Crippen LogP contribution in [0.4, 0.5) is 35.2 Å². The van der Waals surface area contributed by atoms with Crippen LogP contribution >= 0.6 is 0 Å². The number of urea groups is 1. The summed E-state index contributed by atoms with van der Waals surface area (Å²) in [6.07, 6.45) is -1.33. The Morgan fingerprint density at radius 3 is 2.67 bits per heavy atom. The molecule has 1 aliphatic rings. The molecule has 9 nitrogen and oxygen atoms in total. The van der Waals surface area contributed by atoms with Crippen molar-refractivity contribution in [1.29, 1.82) is 0 Å². The maximum Gasteiger partial charge on any atom is 0.437 e. The molecule has 0 atom stereocenters. The molecule has 0 bridgehead atoms. The van der Waals surface area contributed by atoms with Gasteiger partial charge >= 0.3 is 12.2 Å². The van der Waals surface area contributed by atoms with Gasteiger partial charge in [-0.05, 0) is 36.8 Å².